The number of amides is 1. The Morgan fingerprint density at radius 1 is 1.13 bits per heavy atom. The number of carbonyl (C=O) groups excluding carboxylic acids is 1. The number of anilines is 2. The molecule has 0 radical (unpaired) electrons. The minimum atomic E-state index is -3.96. The van der Waals surface area contributed by atoms with Gasteiger partial charge in [0.05, 0.1) is 21.8 Å². The van der Waals surface area contributed by atoms with Gasteiger partial charge in [0.25, 0.3) is 21.6 Å². The summed E-state index contributed by atoms with van der Waals surface area (Å²) >= 11 is 0. The summed E-state index contributed by atoms with van der Waals surface area (Å²) in [5, 5.41) is 10.8. The molecule has 9 nitrogen and oxygen atoms in total. The second-order valence-corrected chi connectivity index (χ2v) is 8.42. The van der Waals surface area contributed by atoms with Crippen LogP contribution in [0.1, 0.15) is 22.5 Å². The normalized spacial score (nSPS) is 13.5. The Balaban J connectivity index is 1.62. The fourth-order valence-corrected chi connectivity index (χ4v) is 4.39. The predicted octanol–water partition coefficient (Wildman–Crippen LogP) is 3.58. The molecular weight excluding hydrogens is 410 g/mol. The van der Waals surface area contributed by atoms with Crippen molar-refractivity contribution in [1.29, 1.82) is 0 Å². The van der Waals surface area contributed by atoms with E-state index in [0.29, 0.717) is 12.2 Å². The van der Waals surface area contributed by atoms with E-state index in [2.05, 4.69) is 4.72 Å². The predicted molar refractivity (Wildman–Crippen MR) is 109 cm³/mol. The average Bonchev–Trinajstić information content (AvgIpc) is 3.27. The van der Waals surface area contributed by atoms with Crippen molar-refractivity contribution in [3.8, 4) is 0 Å². The molecule has 30 heavy (non-hydrogen) atoms. The van der Waals surface area contributed by atoms with E-state index in [-0.39, 0.29) is 27.9 Å². The molecule has 0 fully saturated rings. The summed E-state index contributed by atoms with van der Waals surface area (Å²) < 4.78 is 33.0. The van der Waals surface area contributed by atoms with Crippen molar-refractivity contribution in [1.82, 2.24) is 0 Å². The van der Waals surface area contributed by atoms with Gasteiger partial charge >= 0.3 is 0 Å². The zero-order valence-corrected chi connectivity index (χ0v) is 16.5. The number of fused-ring (bicyclic) bond motifs is 1. The lowest BCUT2D eigenvalue weighted by Gasteiger charge is -2.29. The number of nitrogens with one attached hydrogen (secondary N) is 1. The maximum Gasteiger partial charge on any atom is 0.293 e. The van der Waals surface area contributed by atoms with Crippen LogP contribution in [0.5, 0.6) is 0 Å². The van der Waals surface area contributed by atoms with E-state index in [1.54, 1.807) is 35.2 Å². The maximum atomic E-state index is 12.8. The number of nitro benzene ring substituents is 1. The average molecular weight is 427 g/mol. The van der Waals surface area contributed by atoms with Crippen LogP contribution in [0.4, 0.5) is 17.1 Å². The first-order valence-electron chi connectivity index (χ1n) is 9.11. The molecule has 10 heteroatoms. The first-order chi connectivity index (χ1) is 14.3. The van der Waals surface area contributed by atoms with Gasteiger partial charge in [-0.3, -0.25) is 19.6 Å². The molecule has 2 aromatic carbocycles. The molecule has 1 aliphatic rings. The zero-order chi connectivity index (χ0) is 21.3. The third kappa shape index (κ3) is 3.77. The molecule has 0 bridgehead atoms. The Morgan fingerprint density at radius 3 is 2.57 bits per heavy atom. The van der Waals surface area contributed by atoms with Crippen LogP contribution in [0.3, 0.4) is 0 Å². The van der Waals surface area contributed by atoms with E-state index in [4.69, 9.17) is 4.42 Å². The van der Waals surface area contributed by atoms with E-state index < -0.39 is 14.9 Å². The van der Waals surface area contributed by atoms with Gasteiger partial charge in [0.2, 0.25) is 0 Å². The number of aryl methyl sites for hydroxylation is 1. The molecule has 0 unspecified atom stereocenters. The number of rotatable bonds is 5. The monoisotopic (exact) mass is 427 g/mol. The molecule has 1 aromatic heterocycles. The molecule has 4 rings (SSSR count). The summed E-state index contributed by atoms with van der Waals surface area (Å²) in [6.07, 6.45) is 2.98. The van der Waals surface area contributed by atoms with Crippen LogP contribution in [0, 0.1) is 10.1 Å². The van der Waals surface area contributed by atoms with Gasteiger partial charge in [0.15, 0.2) is 5.76 Å². The van der Waals surface area contributed by atoms with Gasteiger partial charge in [-0.25, -0.2) is 8.42 Å². The van der Waals surface area contributed by atoms with Gasteiger partial charge < -0.3 is 9.32 Å². The Labute approximate surface area is 172 Å². The van der Waals surface area contributed by atoms with E-state index in [1.165, 1.54) is 18.4 Å². The topological polar surface area (TPSA) is 123 Å². The summed E-state index contributed by atoms with van der Waals surface area (Å²) in [6.45, 7) is 0.491. The number of nitro groups is 1. The standard InChI is InChI=1S/C20H17N3O6S/c24-20(19-4-2-12-29-19)22-11-1-3-14-5-6-15(13-18(14)22)21-30(27,28)17-9-7-16(8-10-17)23(25)26/h2,4-10,12-13,21H,1,3,11H2. The summed E-state index contributed by atoms with van der Waals surface area (Å²) in [5.41, 5.74) is 1.63. The lowest BCUT2D eigenvalue weighted by Crippen LogP contribution is -2.35. The maximum absolute atomic E-state index is 12.8. The molecular formula is C20H17N3O6S. The lowest BCUT2D eigenvalue weighted by atomic mass is 10.0. The Bertz CT molecular complexity index is 1200. The van der Waals surface area contributed by atoms with Crippen LogP contribution in [-0.4, -0.2) is 25.8 Å². The first-order valence-corrected chi connectivity index (χ1v) is 10.6. The van der Waals surface area contributed by atoms with Crippen LogP contribution in [0.2, 0.25) is 0 Å². The molecule has 0 aliphatic carbocycles. The molecule has 0 saturated carbocycles. The fourth-order valence-electron chi connectivity index (χ4n) is 3.34. The summed E-state index contributed by atoms with van der Waals surface area (Å²) in [4.78, 5) is 24.4. The SMILES string of the molecule is O=C(c1ccco1)N1CCCc2ccc(NS(=O)(=O)c3ccc([N+](=O)[O-])cc3)cc21. The van der Waals surface area contributed by atoms with Crippen LogP contribution < -0.4 is 9.62 Å². The van der Waals surface area contributed by atoms with Gasteiger partial charge in [-0.05, 0) is 54.8 Å². The summed E-state index contributed by atoms with van der Waals surface area (Å²) in [5.74, 6) is -0.0870. The van der Waals surface area contributed by atoms with Gasteiger partial charge in [-0.15, -0.1) is 0 Å². The molecule has 0 saturated heterocycles. The number of sulfonamides is 1. The Kier molecular flexibility index (Phi) is 5.00. The van der Waals surface area contributed by atoms with E-state index in [0.717, 1.165) is 30.5 Å². The summed E-state index contributed by atoms with van der Waals surface area (Å²) in [7, 11) is -3.96. The quantitative estimate of drug-likeness (QED) is 0.490. The molecule has 0 spiro atoms. The van der Waals surface area contributed by atoms with Gasteiger partial charge in [0.1, 0.15) is 0 Å². The van der Waals surface area contributed by atoms with Crippen molar-refractivity contribution < 1.29 is 22.6 Å². The highest BCUT2D eigenvalue weighted by Gasteiger charge is 2.26. The minimum absolute atomic E-state index is 0.102. The van der Waals surface area contributed by atoms with Crippen molar-refractivity contribution in [2.45, 2.75) is 17.7 Å². The number of hydrogen-bond donors (Lipinski definition) is 1. The summed E-state index contributed by atoms with van der Waals surface area (Å²) in [6, 6.07) is 12.8. The van der Waals surface area contributed by atoms with Crippen LogP contribution in [-0.2, 0) is 16.4 Å². The Morgan fingerprint density at radius 2 is 1.90 bits per heavy atom. The smallest absolute Gasteiger partial charge is 0.293 e. The molecule has 154 valence electrons. The third-order valence-corrected chi connectivity index (χ3v) is 6.19. The highest BCUT2D eigenvalue weighted by molar-refractivity contribution is 7.92. The molecule has 1 N–H and O–H groups in total. The fraction of sp³-hybridized carbons (Fsp3) is 0.150. The number of non-ortho nitro benzene ring substituents is 1. The number of benzene rings is 2. The third-order valence-electron chi connectivity index (χ3n) is 4.79. The lowest BCUT2D eigenvalue weighted by molar-refractivity contribution is -0.384. The van der Waals surface area contributed by atoms with Crippen molar-refractivity contribution in [2.75, 3.05) is 16.2 Å². The van der Waals surface area contributed by atoms with Crippen LogP contribution in [0.25, 0.3) is 0 Å². The minimum Gasteiger partial charge on any atom is -0.459 e. The van der Waals surface area contributed by atoms with E-state index >= 15 is 0 Å². The highest BCUT2D eigenvalue weighted by Crippen LogP contribution is 2.32. The number of nitrogens with zero attached hydrogens (tertiary/aromatic N) is 2. The van der Waals surface area contributed by atoms with Crippen molar-refractivity contribution in [2.24, 2.45) is 0 Å². The first kappa shape index (κ1) is 19.6. The molecule has 1 amide bonds. The van der Waals surface area contributed by atoms with Crippen molar-refractivity contribution in [3.05, 3.63) is 82.3 Å². The second-order valence-electron chi connectivity index (χ2n) is 6.74. The van der Waals surface area contributed by atoms with Gasteiger partial charge in [0, 0.05) is 24.4 Å². The second kappa shape index (κ2) is 7.64. The molecule has 2 heterocycles. The molecule has 1 aliphatic heterocycles. The number of furan rings is 1. The van der Waals surface area contributed by atoms with Gasteiger partial charge in [-0.2, -0.15) is 0 Å². The van der Waals surface area contributed by atoms with Crippen LogP contribution in [0.15, 0.2) is 70.2 Å². The van der Waals surface area contributed by atoms with Crippen LogP contribution >= 0.6 is 0 Å². The van der Waals surface area contributed by atoms with Crippen molar-refractivity contribution in [3.63, 3.8) is 0 Å². The highest BCUT2D eigenvalue weighted by atomic mass is 32.2. The van der Waals surface area contributed by atoms with E-state index in [9.17, 15) is 23.3 Å². The largest absolute Gasteiger partial charge is 0.459 e. The van der Waals surface area contributed by atoms with Crippen molar-refractivity contribution >= 4 is 33.0 Å². The molecule has 3 aromatic rings. The molecule has 0 atom stereocenters. The zero-order valence-electron chi connectivity index (χ0n) is 15.6. The number of hydrogen-bond acceptors (Lipinski definition) is 6. The number of carbonyl (C=O) groups is 1. The Hall–Kier alpha value is -3.66. The van der Waals surface area contributed by atoms with Gasteiger partial charge in [-0.1, -0.05) is 6.07 Å². The van der Waals surface area contributed by atoms with E-state index in [1.807, 2.05) is 0 Å².